The molecule has 4 rings (SSSR count). The van der Waals surface area contributed by atoms with Crippen molar-refractivity contribution in [3.63, 3.8) is 0 Å². The summed E-state index contributed by atoms with van der Waals surface area (Å²) in [5.41, 5.74) is 9.13. The fraction of sp³-hybridized carbons (Fsp3) is 0.381. The van der Waals surface area contributed by atoms with Crippen molar-refractivity contribution in [3.8, 4) is 11.5 Å². The van der Waals surface area contributed by atoms with E-state index < -0.39 is 0 Å². The molecule has 1 aliphatic heterocycles. The van der Waals surface area contributed by atoms with Crippen molar-refractivity contribution in [3.05, 3.63) is 47.4 Å². The van der Waals surface area contributed by atoms with E-state index in [2.05, 4.69) is 10.2 Å². The maximum Gasteiger partial charge on any atom is 0.260 e. The lowest BCUT2D eigenvalue weighted by Gasteiger charge is -2.19. The van der Waals surface area contributed by atoms with E-state index in [0.29, 0.717) is 29.4 Å². The number of hydrogen-bond donors (Lipinski definition) is 1. The molecule has 0 unspecified atom stereocenters. The van der Waals surface area contributed by atoms with Crippen LogP contribution in [0.3, 0.4) is 0 Å². The molecule has 9 heteroatoms. The van der Waals surface area contributed by atoms with Gasteiger partial charge < -0.3 is 15.2 Å². The van der Waals surface area contributed by atoms with E-state index in [1.165, 1.54) is 0 Å². The van der Waals surface area contributed by atoms with Crippen LogP contribution in [0.2, 0.25) is 0 Å². The predicted molar refractivity (Wildman–Crippen MR) is 115 cm³/mol. The molecular weight excluding hydrogens is 380 g/mol. The Morgan fingerprint density at radius 3 is 2.77 bits per heavy atom. The highest BCUT2D eigenvalue weighted by Crippen LogP contribution is 2.33. The van der Waals surface area contributed by atoms with Gasteiger partial charge >= 0.3 is 0 Å². The van der Waals surface area contributed by atoms with Crippen LogP contribution in [0.15, 0.2) is 30.6 Å². The van der Waals surface area contributed by atoms with Gasteiger partial charge in [-0.05, 0) is 39.0 Å². The summed E-state index contributed by atoms with van der Waals surface area (Å²) in [6, 6.07) is 7.15. The third-order valence-corrected chi connectivity index (χ3v) is 5.43. The Morgan fingerprint density at radius 2 is 2.07 bits per heavy atom. The van der Waals surface area contributed by atoms with Crippen LogP contribution in [0.4, 0.5) is 11.6 Å². The van der Waals surface area contributed by atoms with Crippen molar-refractivity contribution in [2.24, 2.45) is 5.73 Å². The minimum absolute atomic E-state index is 0.0957. The van der Waals surface area contributed by atoms with Gasteiger partial charge in [0, 0.05) is 31.7 Å². The summed E-state index contributed by atoms with van der Waals surface area (Å²) in [6.45, 7) is 7.86. The van der Waals surface area contributed by atoms with Gasteiger partial charge in [-0.1, -0.05) is 6.07 Å². The Morgan fingerprint density at radius 1 is 1.27 bits per heavy atom. The van der Waals surface area contributed by atoms with Gasteiger partial charge in [0.05, 0.1) is 17.8 Å². The van der Waals surface area contributed by atoms with Gasteiger partial charge in [0.25, 0.3) is 5.91 Å². The summed E-state index contributed by atoms with van der Waals surface area (Å²) in [5.74, 6) is 1.90. The number of carbonyl (C=O) groups excluding carboxylic acids is 1. The molecule has 0 saturated heterocycles. The smallest absolute Gasteiger partial charge is 0.260 e. The molecule has 0 bridgehead atoms. The Kier molecular flexibility index (Phi) is 5.21. The molecule has 0 fully saturated rings. The second-order valence-corrected chi connectivity index (χ2v) is 7.41. The largest absolute Gasteiger partial charge is 0.360 e. The molecule has 0 saturated carbocycles. The summed E-state index contributed by atoms with van der Waals surface area (Å²) in [4.78, 5) is 26.4. The second-order valence-electron chi connectivity index (χ2n) is 7.41. The molecule has 0 spiro atoms. The zero-order valence-electron chi connectivity index (χ0n) is 17.7. The van der Waals surface area contributed by atoms with E-state index in [1.54, 1.807) is 11.2 Å². The molecule has 2 N–H and O–H groups in total. The summed E-state index contributed by atoms with van der Waals surface area (Å²) in [7, 11) is 1.95. The normalized spacial score (nSPS) is 14.2. The Bertz CT molecular complexity index is 1090. The van der Waals surface area contributed by atoms with Crippen molar-refractivity contribution in [2.45, 2.75) is 39.9 Å². The maximum absolute atomic E-state index is 13.3. The first-order chi connectivity index (χ1) is 14.4. The number of anilines is 2. The average Bonchev–Trinajstić information content (AvgIpc) is 3.37. The molecule has 0 aromatic carbocycles. The number of fused-ring (bicyclic) bond motifs is 1. The van der Waals surface area contributed by atoms with E-state index in [-0.39, 0.29) is 11.9 Å². The number of carbonyl (C=O) groups is 1. The number of hydrogen-bond acceptors (Lipinski definition) is 7. The highest BCUT2D eigenvalue weighted by Gasteiger charge is 2.34. The van der Waals surface area contributed by atoms with Crippen LogP contribution < -0.4 is 15.5 Å². The van der Waals surface area contributed by atoms with Crippen molar-refractivity contribution in [1.82, 2.24) is 24.7 Å². The zero-order valence-corrected chi connectivity index (χ0v) is 17.7. The van der Waals surface area contributed by atoms with Gasteiger partial charge in [-0.3, -0.25) is 9.69 Å². The average molecular weight is 406 g/mol. The van der Waals surface area contributed by atoms with E-state index in [4.69, 9.17) is 15.7 Å². The van der Waals surface area contributed by atoms with Crippen LogP contribution in [0.1, 0.15) is 48.4 Å². The Balaban J connectivity index is 1.74. The molecule has 1 amide bonds. The van der Waals surface area contributed by atoms with Gasteiger partial charge in [-0.2, -0.15) is 0 Å². The van der Waals surface area contributed by atoms with E-state index in [9.17, 15) is 4.79 Å². The van der Waals surface area contributed by atoms with Crippen LogP contribution in [-0.2, 0) is 13.1 Å². The summed E-state index contributed by atoms with van der Waals surface area (Å²) >= 11 is 0. The van der Waals surface area contributed by atoms with E-state index in [0.717, 1.165) is 30.2 Å². The van der Waals surface area contributed by atoms with Gasteiger partial charge in [0.15, 0.2) is 5.82 Å². The number of rotatable bonds is 6. The summed E-state index contributed by atoms with van der Waals surface area (Å²) < 4.78 is 1.91. The third kappa shape index (κ3) is 3.30. The zero-order chi connectivity index (χ0) is 21.4. The van der Waals surface area contributed by atoms with Crippen molar-refractivity contribution < 1.29 is 4.79 Å². The van der Waals surface area contributed by atoms with Crippen molar-refractivity contribution in [2.75, 3.05) is 23.4 Å². The van der Waals surface area contributed by atoms with Gasteiger partial charge in [0.2, 0.25) is 0 Å². The van der Waals surface area contributed by atoms with Crippen LogP contribution >= 0.6 is 0 Å². The molecule has 3 aromatic rings. The molecular formula is C21H26N8O. The van der Waals surface area contributed by atoms with Crippen LogP contribution in [-0.4, -0.2) is 44.2 Å². The summed E-state index contributed by atoms with van der Waals surface area (Å²) in [5, 5.41) is 8.15. The third-order valence-electron chi connectivity index (χ3n) is 5.43. The molecule has 30 heavy (non-hydrogen) atoms. The highest BCUT2D eigenvalue weighted by molar-refractivity contribution is 6.10. The van der Waals surface area contributed by atoms with E-state index in [1.807, 2.05) is 61.6 Å². The predicted octanol–water partition coefficient (Wildman–Crippen LogP) is 2.39. The molecule has 0 radical (unpaired) electrons. The maximum atomic E-state index is 13.3. The standard InChI is InChI=1S/C21H26N8O/c1-5-27(4)18-10-14-15(19(25-18)13(3)22)11-29(21(14)30)17-9-7-8-16(24-17)20-26-23-12-28(20)6-2/h7-10,12-13H,5-6,11,22H2,1-4H3/t13-/m0/s1. The SMILES string of the molecule is CCN(C)c1cc2c(c([C@H](C)N)n1)CN(c1cccc(-c3nncn3CC)n1)C2=O. The number of aryl methyl sites for hydroxylation is 1. The molecule has 4 heterocycles. The minimum atomic E-state index is -0.279. The number of aromatic nitrogens is 5. The molecule has 1 atom stereocenters. The lowest BCUT2D eigenvalue weighted by atomic mass is 10.0. The number of nitrogens with two attached hydrogens (primary N) is 1. The number of nitrogens with zero attached hydrogens (tertiary/aromatic N) is 7. The molecule has 9 nitrogen and oxygen atoms in total. The topological polar surface area (TPSA) is 106 Å². The van der Waals surface area contributed by atoms with E-state index >= 15 is 0 Å². The quantitative estimate of drug-likeness (QED) is 0.670. The van der Waals surface area contributed by atoms with Crippen LogP contribution in [0, 0.1) is 0 Å². The lowest BCUT2D eigenvalue weighted by Crippen LogP contribution is -2.24. The highest BCUT2D eigenvalue weighted by atomic mass is 16.2. The summed E-state index contributed by atoms with van der Waals surface area (Å²) in [6.07, 6.45) is 1.67. The van der Waals surface area contributed by atoms with Crippen LogP contribution in [0.25, 0.3) is 11.5 Å². The lowest BCUT2D eigenvalue weighted by molar-refractivity contribution is 0.0996. The first-order valence-corrected chi connectivity index (χ1v) is 10.1. The molecule has 0 aliphatic carbocycles. The van der Waals surface area contributed by atoms with Crippen molar-refractivity contribution >= 4 is 17.5 Å². The molecule has 1 aliphatic rings. The minimum Gasteiger partial charge on any atom is -0.360 e. The fourth-order valence-electron chi connectivity index (χ4n) is 3.61. The Labute approximate surface area is 175 Å². The van der Waals surface area contributed by atoms with Gasteiger partial charge in [0.1, 0.15) is 23.7 Å². The first-order valence-electron chi connectivity index (χ1n) is 10.1. The van der Waals surface area contributed by atoms with Gasteiger partial charge in [-0.15, -0.1) is 10.2 Å². The molecule has 156 valence electrons. The van der Waals surface area contributed by atoms with Crippen LogP contribution in [0.5, 0.6) is 0 Å². The van der Waals surface area contributed by atoms with Crippen molar-refractivity contribution in [1.29, 1.82) is 0 Å². The second kappa shape index (κ2) is 7.83. The first kappa shape index (κ1) is 20.0. The number of amides is 1. The molecule has 3 aromatic heterocycles. The Hall–Kier alpha value is -3.33. The monoisotopic (exact) mass is 406 g/mol. The van der Waals surface area contributed by atoms with Gasteiger partial charge in [-0.25, -0.2) is 9.97 Å². The number of pyridine rings is 2. The fourth-order valence-corrected chi connectivity index (χ4v) is 3.61.